The van der Waals surface area contributed by atoms with E-state index >= 15 is 0 Å². The molecule has 63 heavy (non-hydrogen) atoms. The van der Waals surface area contributed by atoms with E-state index in [4.69, 9.17) is 15.3 Å². The van der Waals surface area contributed by atoms with E-state index in [0.717, 1.165) is 53.4 Å². The Hall–Kier alpha value is -5.50. The van der Waals surface area contributed by atoms with Crippen LogP contribution in [0.2, 0.25) is 0 Å². The first-order valence-electron chi connectivity index (χ1n) is 19.6. The van der Waals surface area contributed by atoms with E-state index in [1.165, 1.54) is 68.3 Å². The van der Waals surface area contributed by atoms with Crippen molar-refractivity contribution in [3.8, 4) is 0 Å². The Kier molecular flexibility index (Phi) is 39.2. The number of aliphatic hydroxyl groups excluding tert-OH is 4. The van der Waals surface area contributed by atoms with Crippen molar-refractivity contribution in [3.63, 3.8) is 0 Å². The van der Waals surface area contributed by atoms with Crippen LogP contribution in [0, 0.1) is 0 Å². The molecule has 9 amide bonds. The predicted octanol–water partition coefficient (Wildman–Crippen LogP) is -5.59. The zero-order chi connectivity index (χ0) is 50.9. The first-order chi connectivity index (χ1) is 29.4. The second kappa shape index (κ2) is 37.1. The number of amides is 9. The van der Waals surface area contributed by atoms with Crippen molar-refractivity contribution in [1.82, 2.24) is 49.4 Å². The van der Waals surface area contributed by atoms with E-state index in [0.29, 0.717) is 0 Å². The number of hydrogen-bond donors (Lipinski definition) is 6. The summed E-state index contributed by atoms with van der Waals surface area (Å²) in [4.78, 5) is 134. The summed E-state index contributed by atoms with van der Waals surface area (Å²) >= 11 is 0. The van der Waals surface area contributed by atoms with E-state index in [9.17, 15) is 58.2 Å². The molecule has 25 heteroatoms. The Morgan fingerprint density at radius 1 is 0.397 bits per heavy atom. The van der Waals surface area contributed by atoms with Crippen molar-refractivity contribution in [2.75, 3.05) is 150 Å². The standard InChI is InChI=1S/C32H56N10O13.2C2H6.2CH4O/c1-33-11-23(45)34(2)12-24(46)36(4)16-28(50)41(9)21(19-43)31(54)39(7)14-26(48)35(3)13-25(47)37(5)17-29(51)42(10)22(20-44)32(55)40(8)15-27(49)38(6)18-30(52)53;4*1-2/h21-22,33,43-44H,11-20H2,1-10H3,(H,52,53);2*1-2H3;2*2H,1H3. The number of likely N-dealkylation sites (N-methyl/N-ethyl adjacent to an activating group) is 10. The molecule has 0 saturated carbocycles. The maximum Gasteiger partial charge on any atom is 0.323 e. The van der Waals surface area contributed by atoms with Crippen LogP contribution in [-0.4, -0.2) is 291 Å². The molecule has 0 fully saturated rings. The van der Waals surface area contributed by atoms with Crippen LogP contribution in [0.3, 0.4) is 0 Å². The minimum atomic E-state index is -1.44. The highest BCUT2D eigenvalue weighted by atomic mass is 16.4. The van der Waals surface area contributed by atoms with Crippen LogP contribution >= 0.6 is 0 Å². The normalized spacial score (nSPS) is 10.5. The van der Waals surface area contributed by atoms with Crippen LogP contribution in [0.4, 0.5) is 0 Å². The van der Waals surface area contributed by atoms with Crippen molar-refractivity contribution in [3.05, 3.63) is 0 Å². The Balaban J connectivity index is -0.00000132. The molecule has 0 aliphatic carbocycles. The number of carboxylic acids is 1. The lowest BCUT2D eigenvalue weighted by Gasteiger charge is -2.32. The van der Waals surface area contributed by atoms with E-state index < -0.39 is 118 Å². The number of carbonyl (C=O) groups is 10. The monoisotopic (exact) mass is 913 g/mol. The summed E-state index contributed by atoms with van der Waals surface area (Å²) in [6.07, 6.45) is 0. The summed E-state index contributed by atoms with van der Waals surface area (Å²) in [6.45, 7) is 2.77. The number of hydrogen-bond acceptors (Lipinski definition) is 15. The molecular formula is C38H76N10O15. The van der Waals surface area contributed by atoms with Crippen molar-refractivity contribution in [1.29, 1.82) is 0 Å². The molecule has 2 atom stereocenters. The third-order valence-corrected chi connectivity index (χ3v) is 8.45. The molecule has 0 spiro atoms. The summed E-state index contributed by atoms with van der Waals surface area (Å²) < 4.78 is 0. The molecule has 0 rings (SSSR count). The van der Waals surface area contributed by atoms with Gasteiger partial charge in [-0.05, 0) is 7.05 Å². The van der Waals surface area contributed by atoms with Crippen LogP contribution in [0.1, 0.15) is 27.7 Å². The zero-order valence-corrected chi connectivity index (χ0v) is 40.1. The Morgan fingerprint density at radius 3 is 0.857 bits per heavy atom. The van der Waals surface area contributed by atoms with Gasteiger partial charge in [0.15, 0.2) is 0 Å². The molecule has 0 aliphatic heterocycles. The maximum absolute atomic E-state index is 13.2. The van der Waals surface area contributed by atoms with Gasteiger partial charge in [-0.15, -0.1) is 0 Å². The van der Waals surface area contributed by atoms with Crippen molar-refractivity contribution in [2.45, 2.75) is 39.8 Å². The highest BCUT2D eigenvalue weighted by Gasteiger charge is 2.33. The second-order valence-electron chi connectivity index (χ2n) is 13.0. The van der Waals surface area contributed by atoms with Crippen molar-refractivity contribution < 1.29 is 73.5 Å². The first kappa shape index (κ1) is 66.6. The van der Waals surface area contributed by atoms with Crippen LogP contribution < -0.4 is 5.32 Å². The molecule has 0 heterocycles. The Bertz CT molecular complexity index is 1440. The van der Waals surface area contributed by atoms with Gasteiger partial charge in [-0.3, -0.25) is 47.9 Å². The number of aliphatic hydroxyl groups is 4. The first-order valence-corrected chi connectivity index (χ1v) is 19.6. The third-order valence-electron chi connectivity index (χ3n) is 8.45. The van der Waals surface area contributed by atoms with E-state index in [1.54, 1.807) is 7.05 Å². The van der Waals surface area contributed by atoms with Crippen LogP contribution in [0.15, 0.2) is 0 Å². The van der Waals surface area contributed by atoms with Gasteiger partial charge in [-0.25, -0.2) is 0 Å². The molecule has 2 unspecified atom stereocenters. The maximum atomic E-state index is 13.2. The predicted molar refractivity (Wildman–Crippen MR) is 231 cm³/mol. The molecule has 0 aliphatic rings. The van der Waals surface area contributed by atoms with Crippen molar-refractivity contribution in [2.24, 2.45) is 0 Å². The number of carboxylic acid groups (broad SMARTS) is 1. The Morgan fingerprint density at radius 2 is 0.619 bits per heavy atom. The average Bonchev–Trinajstić information content (AvgIpc) is 3.25. The third kappa shape index (κ3) is 25.3. The zero-order valence-electron chi connectivity index (χ0n) is 40.1. The fraction of sp³-hybridized carbons (Fsp3) is 0.737. The highest BCUT2D eigenvalue weighted by molar-refractivity contribution is 5.95. The fourth-order valence-corrected chi connectivity index (χ4v) is 4.60. The van der Waals surface area contributed by atoms with Gasteiger partial charge in [0.25, 0.3) is 0 Å². The highest BCUT2D eigenvalue weighted by Crippen LogP contribution is 2.07. The molecule has 0 bridgehead atoms. The fourth-order valence-electron chi connectivity index (χ4n) is 4.60. The minimum absolute atomic E-state index is 0.00963. The summed E-state index contributed by atoms with van der Waals surface area (Å²) in [7, 11) is 15.0. The van der Waals surface area contributed by atoms with Gasteiger partial charge in [0.1, 0.15) is 18.6 Å². The van der Waals surface area contributed by atoms with E-state index in [-0.39, 0.29) is 19.0 Å². The lowest BCUT2D eigenvalue weighted by molar-refractivity contribution is -0.151. The van der Waals surface area contributed by atoms with E-state index in [2.05, 4.69) is 5.32 Å². The SMILES string of the molecule is CC.CC.CNCC(=O)N(C)CC(=O)N(C)CC(=O)N(C)C(CO)C(=O)N(C)CC(=O)N(C)CC(=O)N(C)CC(=O)N(C)C(CO)C(=O)N(C)CC(=O)N(C)CC(=O)O.CO.CO. The molecule has 0 radical (unpaired) electrons. The summed E-state index contributed by atoms with van der Waals surface area (Å²) in [5, 5.41) is 45.3. The van der Waals surface area contributed by atoms with Gasteiger partial charge in [0, 0.05) is 77.6 Å². The summed E-state index contributed by atoms with van der Waals surface area (Å²) in [5.74, 6) is -7.42. The number of carbonyl (C=O) groups excluding carboxylic acids is 9. The molecule has 25 nitrogen and oxygen atoms in total. The Labute approximate surface area is 371 Å². The quantitative estimate of drug-likeness (QED) is 0.0590. The summed E-state index contributed by atoms with van der Waals surface area (Å²) in [5.41, 5.74) is 0. The number of aliphatic carboxylic acids is 1. The molecule has 0 saturated heterocycles. The lowest BCUT2D eigenvalue weighted by Crippen LogP contribution is -2.55. The van der Waals surface area contributed by atoms with Gasteiger partial charge < -0.3 is 74.9 Å². The minimum Gasteiger partial charge on any atom is -0.480 e. The topological polar surface area (TPSA) is 313 Å². The van der Waals surface area contributed by atoms with Crippen LogP contribution in [-0.2, 0) is 47.9 Å². The van der Waals surface area contributed by atoms with E-state index in [1.807, 2.05) is 27.7 Å². The molecule has 0 aromatic heterocycles. The van der Waals surface area contributed by atoms with Crippen LogP contribution in [0.5, 0.6) is 0 Å². The van der Waals surface area contributed by atoms with Gasteiger partial charge in [-0.1, -0.05) is 27.7 Å². The second-order valence-corrected chi connectivity index (χ2v) is 13.0. The van der Waals surface area contributed by atoms with Gasteiger partial charge in [0.05, 0.1) is 59.0 Å². The van der Waals surface area contributed by atoms with Gasteiger partial charge in [-0.2, -0.15) is 0 Å². The number of nitrogens with zero attached hydrogens (tertiary/aromatic N) is 9. The molecule has 0 aromatic rings. The number of rotatable bonds is 22. The molecule has 0 aromatic carbocycles. The lowest BCUT2D eigenvalue weighted by atomic mass is 10.2. The largest absolute Gasteiger partial charge is 0.480 e. The molecular weight excluding hydrogens is 836 g/mol. The van der Waals surface area contributed by atoms with Crippen LogP contribution in [0.25, 0.3) is 0 Å². The van der Waals surface area contributed by atoms with Crippen molar-refractivity contribution >= 4 is 59.1 Å². The number of nitrogens with one attached hydrogen (secondary N) is 1. The van der Waals surface area contributed by atoms with Gasteiger partial charge >= 0.3 is 5.97 Å². The average molecular weight is 913 g/mol. The van der Waals surface area contributed by atoms with Gasteiger partial charge in [0.2, 0.25) is 53.2 Å². The smallest absolute Gasteiger partial charge is 0.323 e. The molecule has 368 valence electrons. The summed E-state index contributed by atoms with van der Waals surface area (Å²) in [6, 6.07) is -2.87. The molecule has 6 N–H and O–H groups in total.